The first-order chi connectivity index (χ1) is 9.37. The molecule has 4 aliphatic carbocycles. The Kier molecular flexibility index (Phi) is 2.50. The Bertz CT molecular complexity index is 502. The van der Waals surface area contributed by atoms with Gasteiger partial charge in [0.25, 0.3) is 0 Å². The van der Waals surface area contributed by atoms with Crippen molar-refractivity contribution in [2.75, 3.05) is 0 Å². The number of hydrogen-bond donors (Lipinski definition) is 1. The molecule has 4 bridgehead atoms. The minimum absolute atomic E-state index is 0.311. The maximum atomic E-state index is 6.23. The number of nitrogens with two attached hydrogens (primary N) is 1. The molecule has 4 aliphatic rings. The van der Waals surface area contributed by atoms with Crippen LogP contribution in [0, 0.1) is 24.7 Å². The highest BCUT2D eigenvalue weighted by Crippen LogP contribution is 2.61. The highest BCUT2D eigenvalue weighted by Gasteiger charge is 2.53. The van der Waals surface area contributed by atoms with Gasteiger partial charge in [-0.2, -0.15) is 0 Å². The zero-order valence-electron chi connectivity index (χ0n) is 12.9. The van der Waals surface area contributed by atoms with Crippen LogP contribution in [0.3, 0.4) is 0 Å². The van der Waals surface area contributed by atoms with E-state index in [-0.39, 0.29) is 0 Å². The molecule has 0 amide bonds. The third-order valence-corrected chi connectivity index (χ3v) is 6.05. The summed E-state index contributed by atoms with van der Waals surface area (Å²) in [6, 6.07) is 0. The van der Waals surface area contributed by atoms with Gasteiger partial charge in [-0.25, -0.2) is 0 Å². The van der Waals surface area contributed by atoms with Crippen molar-refractivity contribution < 1.29 is 4.52 Å². The van der Waals surface area contributed by atoms with Gasteiger partial charge in [-0.05, 0) is 77.0 Å². The van der Waals surface area contributed by atoms with E-state index >= 15 is 0 Å². The lowest BCUT2D eigenvalue weighted by Crippen LogP contribution is -2.49. The third kappa shape index (κ3) is 1.71. The van der Waals surface area contributed by atoms with E-state index in [4.69, 9.17) is 10.3 Å². The molecule has 3 heteroatoms. The molecule has 0 aliphatic heterocycles. The molecule has 0 radical (unpaired) electrons. The molecular formula is C17H26N2O. The van der Waals surface area contributed by atoms with Gasteiger partial charge in [0.15, 0.2) is 5.76 Å². The molecule has 1 heterocycles. The predicted molar refractivity (Wildman–Crippen MR) is 78.3 cm³/mol. The van der Waals surface area contributed by atoms with Crippen LogP contribution in [0.25, 0.3) is 0 Å². The molecule has 1 aromatic heterocycles. The van der Waals surface area contributed by atoms with Gasteiger partial charge in [0.2, 0.25) is 0 Å². The Morgan fingerprint density at radius 1 is 1.10 bits per heavy atom. The maximum absolute atomic E-state index is 6.23. The molecule has 110 valence electrons. The SMILES string of the molecule is Cc1c(C23CC4CC(CC(C4)C2)C3)noc1C(C)(C)N. The molecule has 0 saturated heterocycles. The topological polar surface area (TPSA) is 52.0 Å². The second kappa shape index (κ2) is 3.88. The van der Waals surface area contributed by atoms with Crippen LogP contribution in [0.2, 0.25) is 0 Å². The van der Waals surface area contributed by atoms with Crippen LogP contribution in [0.1, 0.15) is 69.4 Å². The summed E-state index contributed by atoms with van der Waals surface area (Å²) in [7, 11) is 0. The highest BCUT2D eigenvalue weighted by atomic mass is 16.5. The molecule has 20 heavy (non-hydrogen) atoms. The molecule has 2 N–H and O–H groups in total. The van der Waals surface area contributed by atoms with Crippen molar-refractivity contribution in [3.05, 3.63) is 17.0 Å². The van der Waals surface area contributed by atoms with Crippen molar-refractivity contribution >= 4 is 0 Å². The van der Waals surface area contributed by atoms with Crippen LogP contribution in [0.15, 0.2) is 4.52 Å². The van der Waals surface area contributed by atoms with Crippen LogP contribution >= 0.6 is 0 Å². The normalized spacial score (nSPS) is 39.5. The van der Waals surface area contributed by atoms with E-state index < -0.39 is 5.54 Å². The number of rotatable bonds is 2. The number of hydrogen-bond acceptors (Lipinski definition) is 3. The summed E-state index contributed by atoms with van der Waals surface area (Å²) in [5.41, 5.74) is 8.57. The van der Waals surface area contributed by atoms with Gasteiger partial charge in [-0.15, -0.1) is 0 Å². The summed E-state index contributed by atoms with van der Waals surface area (Å²) < 4.78 is 5.67. The van der Waals surface area contributed by atoms with E-state index in [2.05, 4.69) is 12.1 Å². The fourth-order valence-electron chi connectivity index (χ4n) is 5.83. The van der Waals surface area contributed by atoms with Gasteiger partial charge in [0, 0.05) is 11.0 Å². The van der Waals surface area contributed by atoms with Crippen molar-refractivity contribution in [2.45, 2.75) is 70.3 Å². The summed E-state index contributed by atoms with van der Waals surface area (Å²) in [6.07, 6.45) is 8.38. The van der Waals surface area contributed by atoms with Crippen LogP contribution in [0.4, 0.5) is 0 Å². The fraction of sp³-hybridized carbons (Fsp3) is 0.824. The van der Waals surface area contributed by atoms with Gasteiger partial charge in [0.1, 0.15) is 0 Å². The van der Waals surface area contributed by atoms with Crippen molar-refractivity contribution in [3.8, 4) is 0 Å². The fourth-order valence-corrected chi connectivity index (χ4v) is 5.83. The van der Waals surface area contributed by atoms with Crippen LogP contribution in [-0.2, 0) is 11.0 Å². The first-order valence-electron chi connectivity index (χ1n) is 8.13. The molecule has 0 unspecified atom stereocenters. The molecule has 0 aromatic carbocycles. The number of aromatic nitrogens is 1. The largest absolute Gasteiger partial charge is 0.359 e. The summed E-state index contributed by atoms with van der Waals surface area (Å²) in [5.74, 6) is 3.69. The maximum Gasteiger partial charge on any atom is 0.159 e. The quantitative estimate of drug-likeness (QED) is 0.895. The van der Waals surface area contributed by atoms with Crippen LogP contribution in [0.5, 0.6) is 0 Å². The van der Waals surface area contributed by atoms with Crippen molar-refractivity contribution in [1.82, 2.24) is 5.16 Å². The van der Waals surface area contributed by atoms with Crippen molar-refractivity contribution in [2.24, 2.45) is 23.5 Å². The molecule has 3 nitrogen and oxygen atoms in total. The first kappa shape index (κ1) is 12.9. The lowest BCUT2D eigenvalue weighted by Gasteiger charge is -2.56. The van der Waals surface area contributed by atoms with Gasteiger partial charge >= 0.3 is 0 Å². The average Bonchev–Trinajstić information content (AvgIpc) is 2.69. The standard InChI is InChI=1S/C17H26N2O/c1-10-14(19-20-15(10)16(2,3)18)17-7-11-4-12(8-17)6-13(5-11)9-17/h11-13H,4-9,18H2,1-3H3. The minimum Gasteiger partial charge on any atom is -0.359 e. The van der Waals surface area contributed by atoms with Crippen LogP contribution < -0.4 is 5.73 Å². The Balaban J connectivity index is 1.76. The average molecular weight is 274 g/mol. The molecule has 0 spiro atoms. The zero-order valence-corrected chi connectivity index (χ0v) is 12.9. The van der Waals surface area contributed by atoms with Gasteiger partial charge in [0.05, 0.1) is 11.2 Å². The Hall–Kier alpha value is -0.830. The van der Waals surface area contributed by atoms with E-state index in [1.54, 1.807) is 0 Å². The lowest BCUT2D eigenvalue weighted by atomic mass is 9.48. The number of nitrogens with zero attached hydrogens (tertiary/aromatic N) is 1. The molecule has 1 aromatic rings. The van der Waals surface area contributed by atoms with E-state index in [1.807, 2.05) is 13.8 Å². The molecule has 4 fully saturated rings. The molecule has 4 saturated carbocycles. The molecular weight excluding hydrogens is 248 g/mol. The third-order valence-electron chi connectivity index (χ3n) is 6.05. The minimum atomic E-state index is -0.433. The smallest absolute Gasteiger partial charge is 0.159 e. The van der Waals surface area contributed by atoms with Crippen LogP contribution in [-0.4, -0.2) is 5.16 Å². The molecule has 0 atom stereocenters. The lowest BCUT2D eigenvalue weighted by molar-refractivity contribution is -0.00873. The first-order valence-corrected chi connectivity index (χ1v) is 8.13. The van der Waals surface area contributed by atoms with Gasteiger partial charge in [-0.3, -0.25) is 0 Å². The van der Waals surface area contributed by atoms with Crippen molar-refractivity contribution in [3.63, 3.8) is 0 Å². The Labute approximate surface area is 121 Å². The van der Waals surface area contributed by atoms with E-state index in [0.29, 0.717) is 5.41 Å². The highest BCUT2D eigenvalue weighted by molar-refractivity contribution is 5.34. The van der Waals surface area contributed by atoms with E-state index in [1.165, 1.54) is 49.8 Å². The van der Waals surface area contributed by atoms with Gasteiger partial charge in [-0.1, -0.05) is 5.16 Å². The second-order valence-corrected chi connectivity index (χ2v) is 8.40. The second-order valence-electron chi connectivity index (χ2n) is 8.40. The van der Waals surface area contributed by atoms with Crippen molar-refractivity contribution in [1.29, 1.82) is 0 Å². The summed E-state index contributed by atoms with van der Waals surface area (Å²) in [5, 5.41) is 4.52. The zero-order chi connectivity index (χ0) is 14.1. The predicted octanol–water partition coefficient (Wildman–Crippen LogP) is 3.64. The Morgan fingerprint density at radius 3 is 2.00 bits per heavy atom. The summed E-state index contributed by atoms with van der Waals surface area (Å²) >= 11 is 0. The molecule has 5 rings (SSSR count). The Morgan fingerprint density at radius 2 is 1.60 bits per heavy atom. The van der Waals surface area contributed by atoms with Gasteiger partial charge < -0.3 is 10.3 Å². The summed E-state index contributed by atoms with van der Waals surface area (Å²) in [4.78, 5) is 0. The monoisotopic (exact) mass is 274 g/mol. The summed E-state index contributed by atoms with van der Waals surface area (Å²) in [6.45, 7) is 6.17. The van der Waals surface area contributed by atoms with E-state index in [9.17, 15) is 0 Å². The van der Waals surface area contributed by atoms with E-state index in [0.717, 1.165) is 23.5 Å².